The summed E-state index contributed by atoms with van der Waals surface area (Å²) in [6.07, 6.45) is 3.60. The van der Waals surface area contributed by atoms with Gasteiger partial charge in [-0.2, -0.15) is 0 Å². The molecule has 1 fully saturated rings. The van der Waals surface area contributed by atoms with Crippen molar-refractivity contribution in [2.45, 2.75) is 45.4 Å². The summed E-state index contributed by atoms with van der Waals surface area (Å²) in [6.45, 7) is 7.59. The van der Waals surface area contributed by atoms with Crippen molar-refractivity contribution in [3.63, 3.8) is 0 Å². The first-order valence-electron chi connectivity index (χ1n) is 8.65. The Morgan fingerprint density at radius 1 is 1.42 bits per heavy atom. The summed E-state index contributed by atoms with van der Waals surface area (Å²) in [5, 5.41) is 8.23. The third-order valence-electron chi connectivity index (χ3n) is 4.74. The molecular weight excluding hydrogens is 307 g/mol. The van der Waals surface area contributed by atoms with E-state index < -0.39 is 0 Å². The minimum Gasteiger partial charge on any atom is -0.368 e. The molecule has 0 amide bonds. The molecule has 0 saturated carbocycles. The molecule has 2 heterocycles. The van der Waals surface area contributed by atoms with Gasteiger partial charge in [0.25, 0.3) is 0 Å². The largest absolute Gasteiger partial charge is 0.368 e. The van der Waals surface area contributed by atoms with E-state index in [9.17, 15) is 4.39 Å². The van der Waals surface area contributed by atoms with Crippen molar-refractivity contribution in [2.75, 3.05) is 19.7 Å². The van der Waals surface area contributed by atoms with Crippen LogP contribution >= 0.6 is 0 Å². The van der Waals surface area contributed by atoms with E-state index in [2.05, 4.69) is 28.9 Å². The second-order valence-electron chi connectivity index (χ2n) is 6.35. The first-order valence-corrected chi connectivity index (χ1v) is 8.65. The number of aromatic nitrogens is 3. The molecule has 1 aromatic carbocycles. The average molecular weight is 332 g/mol. The fraction of sp³-hybridized carbons (Fsp3) is 0.556. The van der Waals surface area contributed by atoms with Crippen LogP contribution in [0.2, 0.25) is 0 Å². The molecule has 130 valence electrons. The maximum atomic E-state index is 13.3. The molecule has 0 N–H and O–H groups in total. The summed E-state index contributed by atoms with van der Waals surface area (Å²) in [5.41, 5.74) is 1.05. The van der Waals surface area contributed by atoms with Crippen LogP contribution in [0.1, 0.15) is 37.8 Å². The number of hydrogen-bond donors (Lipinski definition) is 0. The van der Waals surface area contributed by atoms with Crippen LogP contribution in [0.4, 0.5) is 4.39 Å². The normalized spacial score (nSPS) is 20.2. The Kier molecular flexibility index (Phi) is 5.58. The summed E-state index contributed by atoms with van der Waals surface area (Å²) in [4.78, 5) is 2.43. The van der Waals surface area contributed by atoms with Crippen LogP contribution in [0.3, 0.4) is 0 Å². The first-order chi connectivity index (χ1) is 11.7. The lowest BCUT2D eigenvalue weighted by Crippen LogP contribution is -2.44. The van der Waals surface area contributed by atoms with Gasteiger partial charge >= 0.3 is 0 Å². The van der Waals surface area contributed by atoms with Gasteiger partial charge in [0.15, 0.2) is 5.82 Å². The monoisotopic (exact) mass is 332 g/mol. The van der Waals surface area contributed by atoms with E-state index in [4.69, 9.17) is 4.74 Å². The fourth-order valence-corrected chi connectivity index (χ4v) is 3.23. The average Bonchev–Trinajstić information content (AvgIpc) is 3.08. The third-order valence-corrected chi connectivity index (χ3v) is 4.74. The van der Waals surface area contributed by atoms with Gasteiger partial charge in [0.1, 0.15) is 18.2 Å². The molecule has 6 heteroatoms. The quantitative estimate of drug-likeness (QED) is 0.816. The Hall–Kier alpha value is -1.79. The lowest BCUT2D eigenvalue weighted by atomic mass is 10.0. The Bertz CT molecular complexity index is 660. The van der Waals surface area contributed by atoms with Gasteiger partial charge in [-0.05, 0) is 44.4 Å². The lowest BCUT2D eigenvalue weighted by Gasteiger charge is -2.36. The fourth-order valence-electron chi connectivity index (χ4n) is 3.23. The standard InChI is InChI=1S/C18H25FN4O/c1-3-22-13-20-21-18(22)17-12-23(9-10-24-17)14(2)7-8-15-5-4-6-16(19)11-15/h4-6,11,13-14,17H,3,7-10,12H2,1-2H3. The molecule has 0 radical (unpaired) electrons. The molecule has 1 saturated heterocycles. The van der Waals surface area contributed by atoms with Crippen molar-refractivity contribution in [2.24, 2.45) is 0 Å². The Labute approximate surface area is 142 Å². The number of benzene rings is 1. The summed E-state index contributed by atoms with van der Waals surface area (Å²) >= 11 is 0. The van der Waals surface area contributed by atoms with Crippen LogP contribution in [0, 0.1) is 5.82 Å². The van der Waals surface area contributed by atoms with Crippen molar-refractivity contribution in [3.05, 3.63) is 47.8 Å². The highest BCUT2D eigenvalue weighted by Gasteiger charge is 2.28. The Morgan fingerprint density at radius 3 is 3.08 bits per heavy atom. The molecule has 24 heavy (non-hydrogen) atoms. The molecule has 0 spiro atoms. The molecule has 2 unspecified atom stereocenters. The van der Waals surface area contributed by atoms with Gasteiger partial charge in [0.2, 0.25) is 0 Å². The molecule has 1 aromatic heterocycles. The van der Waals surface area contributed by atoms with Crippen LogP contribution in [0.5, 0.6) is 0 Å². The highest BCUT2D eigenvalue weighted by molar-refractivity contribution is 5.16. The molecule has 5 nitrogen and oxygen atoms in total. The lowest BCUT2D eigenvalue weighted by molar-refractivity contribution is -0.0490. The van der Waals surface area contributed by atoms with Crippen molar-refractivity contribution in [3.8, 4) is 0 Å². The van der Waals surface area contributed by atoms with Gasteiger partial charge < -0.3 is 9.30 Å². The van der Waals surface area contributed by atoms with Crippen molar-refractivity contribution in [1.82, 2.24) is 19.7 Å². The third kappa shape index (κ3) is 3.99. The van der Waals surface area contributed by atoms with E-state index >= 15 is 0 Å². The van der Waals surface area contributed by atoms with Gasteiger partial charge in [0, 0.05) is 25.7 Å². The summed E-state index contributed by atoms with van der Waals surface area (Å²) in [5.74, 6) is 0.741. The smallest absolute Gasteiger partial charge is 0.163 e. The van der Waals surface area contributed by atoms with Crippen LogP contribution < -0.4 is 0 Å². The zero-order valence-corrected chi connectivity index (χ0v) is 14.4. The number of aryl methyl sites for hydroxylation is 2. The number of nitrogens with zero attached hydrogens (tertiary/aromatic N) is 4. The number of ether oxygens (including phenoxy) is 1. The maximum Gasteiger partial charge on any atom is 0.163 e. The number of rotatable bonds is 6. The SMILES string of the molecule is CCn1cnnc1C1CN(C(C)CCc2cccc(F)c2)CCO1. The van der Waals surface area contributed by atoms with Crippen LogP contribution in [-0.4, -0.2) is 45.4 Å². The summed E-state index contributed by atoms with van der Waals surface area (Å²) < 4.78 is 21.2. The van der Waals surface area contributed by atoms with Crippen LogP contribution in [0.25, 0.3) is 0 Å². The number of morpholine rings is 1. The molecule has 2 aromatic rings. The van der Waals surface area contributed by atoms with Gasteiger partial charge in [-0.25, -0.2) is 4.39 Å². The molecule has 3 rings (SSSR count). The van der Waals surface area contributed by atoms with Crippen LogP contribution in [0.15, 0.2) is 30.6 Å². The summed E-state index contributed by atoms with van der Waals surface area (Å²) in [7, 11) is 0. The van der Waals surface area contributed by atoms with E-state index in [-0.39, 0.29) is 11.9 Å². The topological polar surface area (TPSA) is 43.2 Å². The van der Waals surface area contributed by atoms with E-state index in [0.717, 1.165) is 43.9 Å². The van der Waals surface area contributed by atoms with E-state index in [0.29, 0.717) is 12.6 Å². The minimum atomic E-state index is -0.162. The van der Waals surface area contributed by atoms with Crippen molar-refractivity contribution in [1.29, 1.82) is 0 Å². The Morgan fingerprint density at radius 2 is 2.29 bits per heavy atom. The molecule has 2 atom stereocenters. The molecule has 1 aliphatic rings. The maximum absolute atomic E-state index is 13.3. The highest BCUT2D eigenvalue weighted by atomic mass is 19.1. The number of hydrogen-bond acceptors (Lipinski definition) is 4. The first kappa shape index (κ1) is 17.0. The number of halogens is 1. The second kappa shape index (κ2) is 7.85. The van der Waals surface area contributed by atoms with Gasteiger partial charge in [0.05, 0.1) is 6.61 Å². The van der Waals surface area contributed by atoms with Crippen LogP contribution in [-0.2, 0) is 17.7 Å². The Balaban J connectivity index is 1.58. The molecule has 0 bridgehead atoms. The summed E-state index contributed by atoms with van der Waals surface area (Å²) in [6, 6.07) is 7.29. The van der Waals surface area contributed by atoms with Crippen molar-refractivity contribution >= 4 is 0 Å². The molecule has 0 aliphatic carbocycles. The molecular formula is C18H25FN4O. The second-order valence-corrected chi connectivity index (χ2v) is 6.35. The zero-order chi connectivity index (χ0) is 16.9. The predicted octanol–water partition coefficient (Wildman–Crippen LogP) is 2.83. The molecule has 1 aliphatic heterocycles. The highest BCUT2D eigenvalue weighted by Crippen LogP contribution is 2.23. The predicted molar refractivity (Wildman–Crippen MR) is 90.1 cm³/mol. The van der Waals surface area contributed by atoms with E-state index in [1.807, 2.05) is 10.6 Å². The van der Waals surface area contributed by atoms with Gasteiger partial charge in [-0.15, -0.1) is 10.2 Å². The minimum absolute atomic E-state index is 0.0298. The van der Waals surface area contributed by atoms with Gasteiger partial charge in [-0.1, -0.05) is 12.1 Å². The van der Waals surface area contributed by atoms with Gasteiger partial charge in [-0.3, -0.25) is 4.90 Å². The van der Waals surface area contributed by atoms with E-state index in [1.54, 1.807) is 18.5 Å². The zero-order valence-electron chi connectivity index (χ0n) is 14.4. The van der Waals surface area contributed by atoms with Crippen molar-refractivity contribution < 1.29 is 9.13 Å². The van der Waals surface area contributed by atoms with E-state index in [1.165, 1.54) is 6.07 Å².